The van der Waals surface area contributed by atoms with Crippen LogP contribution in [0.1, 0.15) is 11.7 Å². The fraction of sp³-hybridized carbons (Fsp3) is 0.333. The van der Waals surface area contributed by atoms with E-state index in [4.69, 9.17) is 10.4 Å². The number of hydrogen-bond acceptors (Lipinski definition) is 3. The van der Waals surface area contributed by atoms with E-state index >= 15 is 0 Å². The lowest BCUT2D eigenvalue weighted by Crippen LogP contribution is -2.13. The molecule has 3 N–H and O–H groups in total. The zero-order valence-corrected chi connectivity index (χ0v) is 7.58. The maximum absolute atomic E-state index is 5.56. The first kappa shape index (κ1) is 8.60. The zero-order chi connectivity index (χ0) is 9.26. The van der Waals surface area contributed by atoms with Gasteiger partial charge in [0.1, 0.15) is 0 Å². The number of nitrogens with one attached hydrogen (secondary N) is 1. The number of fused-ring (bicyclic) bond motifs is 1. The SMILES string of the molecule is CNc1ccc2c(c1)[B]OC2CN. The van der Waals surface area contributed by atoms with Crippen molar-refractivity contribution in [1.29, 1.82) is 0 Å². The van der Waals surface area contributed by atoms with Gasteiger partial charge < -0.3 is 15.7 Å². The van der Waals surface area contributed by atoms with E-state index in [1.807, 2.05) is 13.1 Å². The molecule has 0 fully saturated rings. The molecular formula is C9H12BN2O. The third-order valence-corrected chi connectivity index (χ3v) is 2.30. The minimum atomic E-state index is 0.0425. The van der Waals surface area contributed by atoms with Crippen molar-refractivity contribution in [3.8, 4) is 0 Å². The summed E-state index contributed by atoms with van der Waals surface area (Å²) in [4.78, 5) is 0. The van der Waals surface area contributed by atoms with E-state index in [2.05, 4.69) is 17.4 Å². The summed E-state index contributed by atoms with van der Waals surface area (Å²) >= 11 is 0. The Kier molecular flexibility index (Phi) is 2.25. The first-order chi connectivity index (χ1) is 6.35. The van der Waals surface area contributed by atoms with Gasteiger partial charge in [0, 0.05) is 19.3 Å². The average molecular weight is 175 g/mol. The molecule has 4 heteroatoms. The summed E-state index contributed by atoms with van der Waals surface area (Å²) in [5.41, 5.74) is 8.96. The second-order valence-electron chi connectivity index (χ2n) is 3.07. The summed E-state index contributed by atoms with van der Waals surface area (Å²) < 4.78 is 5.39. The van der Waals surface area contributed by atoms with Crippen LogP contribution >= 0.6 is 0 Å². The number of hydrogen-bond donors (Lipinski definition) is 2. The van der Waals surface area contributed by atoms with Crippen LogP contribution in [0.3, 0.4) is 0 Å². The molecule has 1 unspecified atom stereocenters. The molecule has 0 aromatic heterocycles. The lowest BCUT2D eigenvalue weighted by molar-refractivity contribution is 0.243. The summed E-state index contributed by atoms with van der Waals surface area (Å²) in [6, 6.07) is 6.15. The fourth-order valence-electron chi connectivity index (χ4n) is 1.54. The third-order valence-electron chi connectivity index (χ3n) is 2.30. The van der Waals surface area contributed by atoms with Crippen LogP contribution in [0.15, 0.2) is 18.2 Å². The first-order valence-corrected chi connectivity index (χ1v) is 4.35. The lowest BCUT2D eigenvalue weighted by atomic mass is 9.86. The molecule has 0 aliphatic carbocycles. The van der Waals surface area contributed by atoms with E-state index in [0.717, 1.165) is 11.2 Å². The van der Waals surface area contributed by atoms with Crippen molar-refractivity contribution in [1.82, 2.24) is 0 Å². The van der Waals surface area contributed by atoms with Gasteiger partial charge in [0.25, 0.3) is 0 Å². The predicted molar refractivity (Wildman–Crippen MR) is 54.3 cm³/mol. The standard InChI is InChI=1S/C9H12BN2O/c1-12-6-2-3-7-8(4-6)10-13-9(7)5-11/h2-4,9,12H,5,11H2,1H3. The second kappa shape index (κ2) is 3.40. The van der Waals surface area contributed by atoms with Crippen LogP contribution in [0.5, 0.6) is 0 Å². The highest BCUT2D eigenvalue weighted by molar-refractivity contribution is 6.49. The topological polar surface area (TPSA) is 47.3 Å². The minimum absolute atomic E-state index is 0.0425. The molecule has 3 nitrogen and oxygen atoms in total. The van der Waals surface area contributed by atoms with E-state index < -0.39 is 0 Å². The average Bonchev–Trinajstić information content (AvgIpc) is 2.59. The maximum atomic E-state index is 5.56. The molecule has 13 heavy (non-hydrogen) atoms. The van der Waals surface area contributed by atoms with E-state index in [1.165, 1.54) is 5.56 Å². The highest BCUT2D eigenvalue weighted by Gasteiger charge is 2.22. The van der Waals surface area contributed by atoms with Gasteiger partial charge in [0.15, 0.2) is 0 Å². The monoisotopic (exact) mass is 175 g/mol. The van der Waals surface area contributed by atoms with Crippen molar-refractivity contribution in [3.63, 3.8) is 0 Å². The van der Waals surface area contributed by atoms with Crippen LogP contribution in [0.4, 0.5) is 5.69 Å². The van der Waals surface area contributed by atoms with Crippen LogP contribution in [-0.4, -0.2) is 21.1 Å². The van der Waals surface area contributed by atoms with E-state index in [0.29, 0.717) is 6.54 Å². The molecule has 0 saturated heterocycles. The highest BCUT2D eigenvalue weighted by atomic mass is 16.4. The fourth-order valence-corrected chi connectivity index (χ4v) is 1.54. The predicted octanol–water partition coefficient (Wildman–Crippen LogP) is 0.00280. The minimum Gasteiger partial charge on any atom is -0.426 e. The van der Waals surface area contributed by atoms with Gasteiger partial charge in [0.05, 0.1) is 6.10 Å². The van der Waals surface area contributed by atoms with Gasteiger partial charge in [-0.05, 0) is 23.2 Å². The summed E-state index contributed by atoms with van der Waals surface area (Å²) in [5.74, 6) is 0. The van der Waals surface area contributed by atoms with Crippen LogP contribution in [0.25, 0.3) is 0 Å². The molecule has 1 atom stereocenters. The van der Waals surface area contributed by atoms with E-state index in [-0.39, 0.29) is 6.10 Å². The molecular weight excluding hydrogens is 163 g/mol. The summed E-state index contributed by atoms with van der Waals surface area (Å²) in [5, 5.41) is 3.08. The van der Waals surface area contributed by atoms with Crippen LogP contribution in [0.2, 0.25) is 0 Å². The Morgan fingerprint density at radius 2 is 2.46 bits per heavy atom. The van der Waals surface area contributed by atoms with Crippen LogP contribution < -0.4 is 16.5 Å². The van der Waals surface area contributed by atoms with Crippen molar-refractivity contribution in [2.75, 3.05) is 18.9 Å². The Labute approximate surface area is 78.5 Å². The van der Waals surface area contributed by atoms with Gasteiger partial charge in [-0.2, -0.15) is 0 Å². The number of rotatable bonds is 2. The van der Waals surface area contributed by atoms with Gasteiger partial charge >= 0.3 is 7.48 Å². The van der Waals surface area contributed by atoms with Crippen LogP contribution in [-0.2, 0) is 4.65 Å². The second-order valence-corrected chi connectivity index (χ2v) is 3.07. The molecule has 67 valence electrons. The smallest absolute Gasteiger partial charge is 0.331 e. The van der Waals surface area contributed by atoms with Gasteiger partial charge in [0.2, 0.25) is 0 Å². The Morgan fingerprint density at radius 1 is 1.62 bits per heavy atom. The molecule has 1 aliphatic heterocycles. The summed E-state index contributed by atoms with van der Waals surface area (Å²) in [6.07, 6.45) is 0.0425. The van der Waals surface area contributed by atoms with Crippen molar-refractivity contribution < 1.29 is 4.65 Å². The number of anilines is 1. The van der Waals surface area contributed by atoms with E-state index in [9.17, 15) is 0 Å². The molecule has 1 heterocycles. The van der Waals surface area contributed by atoms with Gasteiger partial charge in [-0.1, -0.05) is 6.07 Å². The first-order valence-electron chi connectivity index (χ1n) is 4.35. The Morgan fingerprint density at radius 3 is 3.15 bits per heavy atom. The van der Waals surface area contributed by atoms with Crippen molar-refractivity contribution >= 4 is 18.6 Å². The molecule has 1 aromatic carbocycles. The molecule has 1 aromatic rings. The molecule has 0 spiro atoms. The number of nitrogens with two attached hydrogens (primary N) is 1. The van der Waals surface area contributed by atoms with Crippen molar-refractivity contribution in [3.05, 3.63) is 23.8 Å². The van der Waals surface area contributed by atoms with Gasteiger partial charge in [-0.25, -0.2) is 0 Å². The van der Waals surface area contributed by atoms with Crippen LogP contribution in [0, 0.1) is 0 Å². The summed E-state index contributed by atoms with van der Waals surface area (Å²) in [6.45, 7) is 0.530. The molecule has 2 rings (SSSR count). The summed E-state index contributed by atoms with van der Waals surface area (Å²) in [7, 11) is 3.67. The zero-order valence-electron chi connectivity index (χ0n) is 7.58. The quantitative estimate of drug-likeness (QED) is 0.622. The van der Waals surface area contributed by atoms with Crippen molar-refractivity contribution in [2.45, 2.75) is 6.10 Å². The maximum Gasteiger partial charge on any atom is 0.331 e. The van der Waals surface area contributed by atoms with E-state index in [1.54, 1.807) is 7.48 Å². The third kappa shape index (κ3) is 1.43. The molecule has 1 radical (unpaired) electrons. The lowest BCUT2D eigenvalue weighted by Gasteiger charge is -2.09. The highest BCUT2D eigenvalue weighted by Crippen LogP contribution is 2.21. The Hall–Kier alpha value is -0.995. The van der Waals surface area contributed by atoms with Gasteiger partial charge in [-0.3, -0.25) is 0 Å². The molecule has 1 aliphatic rings. The van der Waals surface area contributed by atoms with Gasteiger partial charge in [-0.15, -0.1) is 0 Å². The molecule has 0 amide bonds. The molecule has 0 bridgehead atoms. The largest absolute Gasteiger partial charge is 0.426 e. The van der Waals surface area contributed by atoms with Crippen molar-refractivity contribution in [2.24, 2.45) is 5.73 Å². The molecule has 0 saturated carbocycles. The Bertz CT molecular complexity index is 316. The number of benzene rings is 1. The normalized spacial score (nSPS) is 19.4. The Balaban J connectivity index is 2.34.